The van der Waals surface area contributed by atoms with Crippen LogP contribution in [0.2, 0.25) is 0 Å². The van der Waals surface area contributed by atoms with Gasteiger partial charge in [0.25, 0.3) is 0 Å². The Morgan fingerprint density at radius 1 is 0.500 bits per heavy atom. The molecule has 0 saturated carbocycles. The average Bonchev–Trinajstić information content (AvgIpc) is 3.87. The van der Waals surface area contributed by atoms with Gasteiger partial charge in [0, 0.05) is 56.2 Å². The van der Waals surface area contributed by atoms with E-state index >= 15 is 0 Å². The summed E-state index contributed by atoms with van der Waals surface area (Å²) in [5.41, 5.74) is 9.34. The summed E-state index contributed by atoms with van der Waals surface area (Å²) in [7, 11) is 2.11. The number of fused-ring (bicyclic) bond motifs is 10. The van der Waals surface area contributed by atoms with Crippen molar-refractivity contribution in [2.75, 3.05) is 7.05 Å². The third-order valence-corrected chi connectivity index (χ3v) is 10.6. The van der Waals surface area contributed by atoms with E-state index in [1.54, 1.807) is 0 Å². The minimum absolute atomic E-state index is 0.386. The molecule has 1 unspecified atom stereocenters. The van der Waals surface area contributed by atoms with E-state index in [1.165, 1.54) is 21.5 Å². The average molecular weight is 670 g/mol. The number of aromatic nitrogens is 2. The van der Waals surface area contributed by atoms with Gasteiger partial charge in [0.15, 0.2) is 12.0 Å². The van der Waals surface area contributed by atoms with Crippen LogP contribution in [0, 0.1) is 0 Å². The molecular weight excluding hydrogens is 639 g/mol. The fourth-order valence-corrected chi connectivity index (χ4v) is 8.30. The number of hydrogen-bond donors (Lipinski definition) is 0. The van der Waals surface area contributed by atoms with E-state index in [0.29, 0.717) is 5.84 Å². The summed E-state index contributed by atoms with van der Waals surface area (Å²) in [5.74, 6) is 1.48. The molecule has 1 atom stereocenters. The third-order valence-electron chi connectivity index (χ3n) is 10.6. The molecule has 6 heteroatoms. The number of para-hydroxylation sites is 4. The maximum atomic E-state index is 6.37. The monoisotopic (exact) mass is 669 g/mol. The maximum Gasteiger partial charge on any atom is 0.214 e. The van der Waals surface area contributed by atoms with E-state index in [-0.39, 0.29) is 6.17 Å². The van der Waals surface area contributed by atoms with Gasteiger partial charge in [-0.2, -0.15) is 4.99 Å². The Balaban J connectivity index is 1.27. The second kappa shape index (κ2) is 11.0. The normalized spacial score (nSPS) is 15.0. The Hall–Kier alpha value is -6.92. The number of furan rings is 1. The van der Waals surface area contributed by atoms with Crippen LogP contribution in [-0.2, 0) is 0 Å². The maximum absolute atomic E-state index is 6.37. The number of benzene rings is 7. The van der Waals surface area contributed by atoms with Crippen LogP contribution < -0.4 is 0 Å². The molecule has 0 bridgehead atoms. The summed E-state index contributed by atoms with van der Waals surface area (Å²) >= 11 is 0. The van der Waals surface area contributed by atoms with Crippen molar-refractivity contribution in [2.24, 2.45) is 9.98 Å². The molecule has 1 aliphatic rings. The summed E-state index contributed by atoms with van der Waals surface area (Å²) in [6.45, 7) is 0. The van der Waals surface area contributed by atoms with Crippen LogP contribution in [0.25, 0.3) is 71.2 Å². The molecule has 0 aliphatic carbocycles. The van der Waals surface area contributed by atoms with Crippen LogP contribution in [0.5, 0.6) is 0 Å². The van der Waals surface area contributed by atoms with Crippen molar-refractivity contribution < 1.29 is 4.42 Å². The minimum atomic E-state index is -0.386. The van der Waals surface area contributed by atoms with Crippen LogP contribution in [0.4, 0.5) is 0 Å². The zero-order chi connectivity index (χ0) is 34.3. The molecule has 0 amide bonds. The van der Waals surface area contributed by atoms with Crippen LogP contribution in [0.3, 0.4) is 0 Å². The lowest BCUT2D eigenvalue weighted by atomic mass is 10.0. The molecule has 11 rings (SSSR count). The number of rotatable bonds is 3. The highest BCUT2D eigenvalue weighted by Crippen LogP contribution is 2.42. The first-order valence-electron chi connectivity index (χ1n) is 17.6. The van der Waals surface area contributed by atoms with E-state index in [0.717, 1.165) is 66.8 Å². The summed E-state index contributed by atoms with van der Waals surface area (Å²) < 4.78 is 11.1. The van der Waals surface area contributed by atoms with Gasteiger partial charge in [-0.25, -0.2) is 4.99 Å². The third kappa shape index (κ3) is 4.06. The van der Waals surface area contributed by atoms with E-state index in [4.69, 9.17) is 14.4 Å². The van der Waals surface area contributed by atoms with Gasteiger partial charge in [-0.3, -0.25) is 4.57 Å². The Morgan fingerprint density at radius 2 is 1.08 bits per heavy atom. The second-order valence-electron chi connectivity index (χ2n) is 13.4. The van der Waals surface area contributed by atoms with Gasteiger partial charge in [0.2, 0.25) is 5.96 Å². The highest BCUT2D eigenvalue weighted by atomic mass is 16.3. The molecule has 4 heterocycles. The molecule has 0 saturated heterocycles. The van der Waals surface area contributed by atoms with Crippen molar-refractivity contribution >= 4 is 77.3 Å². The summed E-state index contributed by atoms with van der Waals surface area (Å²) in [4.78, 5) is 13.1. The molecule has 10 aromatic rings. The first kappa shape index (κ1) is 28.9. The van der Waals surface area contributed by atoms with Gasteiger partial charge in [-0.15, -0.1) is 0 Å². The van der Waals surface area contributed by atoms with E-state index < -0.39 is 0 Å². The Morgan fingerprint density at radius 3 is 1.81 bits per heavy atom. The largest absolute Gasteiger partial charge is 0.456 e. The number of nitrogens with zero attached hydrogens (tertiary/aromatic N) is 5. The first-order chi connectivity index (χ1) is 25.7. The second-order valence-corrected chi connectivity index (χ2v) is 13.4. The van der Waals surface area contributed by atoms with Gasteiger partial charge in [0.1, 0.15) is 11.2 Å². The lowest BCUT2D eigenvalue weighted by molar-refractivity contribution is 0.375. The predicted molar refractivity (Wildman–Crippen MR) is 214 cm³/mol. The Kier molecular flexibility index (Phi) is 6.13. The zero-order valence-electron chi connectivity index (χ0n) is 28.3. The molecule has 6 nitrogen and oxygen atoms in total. The van der Waals surface area contributed by atoms with Gasteiger partial charge < -0.3 is 13.9 Å². The lowest BCUT2D eigenvalue weighted by Gasteiger charge is -2.33. The summed E-state index contributed by atoms with van der Waals surface area (Å²) in [5, 5.41) is 6.89. The summed E-state index contributed by atoms with van der Waals surface area (Å²) in [6, 6.07) is 57.5. The van der Waals surface area contributed by atoms with E-state index in [1.807, 2.05) is 36.4 Å². The molecule has 3 aromatic heterocycles. The first-order valence-corrected chi connectivity index (χ1v) is 17.6. The highest BCUT2D eigenvalue weighted by Gasteiger charge is 2.32. The molecule has 0 N–H and O–H groups in total. The lowest BCUT2D eigenvalue weighted by Crippen LogP contribution is -2.39. The molecule has 246 valence electrons. The highest BCUT2D eigenvalue weighted by molar-refractivity contribution is 6.26. The zero-order valence-corrected chi connectivity index (χ0v) is 28.3. The van der Waals surface area contributed by atoms with Crippen molar-refractivity contribution in [1.29, 1.82) is 0 Å². The van der Waals surface area contributed by atoms with Gasteiger partial charge >= 0.3 is 0 Å². The molecule has 7 aromatic carbocycles. The van der Waals surface area contributed by atoms with Crippen LogP contribution in [0.1, 0.15) is 17.3 Å². The number of hydrogen-bond acceptors (Lipinski definition) is 4. The van der Waals surface area contributed by atoms with Crippen molar-refractivity contribution in [1.82, 2.24) is 14.0 Å². The molecule has 52 heavy (non-hydrogen) atoms. The standard InChI is InChI=1S/C46H31N5O/c1-49-45(36-22-14-26-40-41(36)35-21-10-13-25-39(35)52-40)47-44(29-15-4-2-5-16-29)48-46(49)51-38-24-12-9-20-32(38)34-28-27-33-31-19-8-11-23-37(31)50(42(33)43(34)51)30-17-6-3-7-18-30/h2-28,45H,1H3. The van der Waals surface area contributed by atoms with Crippen molar-refractivity contribution in [3.05, 3.63) is 175 Å². The molecular formula is C46H31N5O. The van der Waals surface area contributed by atoms with E-state index in [2.05, 4.69) is 148 Å². The Bertz CT molecular complexity index is 3090. The molecule has 0 spiro atoms. The fourth-order valence-electron chi connectivity index (χ4n) is 8.30. The number of amidine groups is 1. The van der Waals surface area contributed by atoms with Crippen molar-refractivity contribution in [2.45, 2.75) is 6.17 Å². The topological polar surface area (TPSA) is 51.0 Å². The quantitative estimate of drug-likeness (QED) is 0.188. The van der Waals surface area contributed by atoms with Crippen LogP contribution in [0.15, 0.2) is 178 Å². The van der Waals surface area contributed by atoms with E-state index in [9.17, 15) is 0 Å². The molecule has 0 radical (unpaired) electrons. The SMILES string of the molecule is CN1C(n2c3ccccc3c3ccc4c5ccccc5n(-c5ccccc5)c4c32)=NC(c2ccccc2)=NC1c1cccc2oc3ccccc3c12. The van der Waals surface area contributed by atoms with Crippen molar-refractivity contribution in [3.63, 3.8) is 0 Å². The fraction of sp³-hybridized carbons (Fsp3) is 0.0435. The smallest absolute Gasteiger partial charge is 0.214 e. The number of aliphatic imine (C=N–C) groups is 2. The summed E-state index contributed by atoms with van der Waals surface area (Å²) in [6.07, 6.45) is -0.386. The van der Waals surface area contributed by atoms with Crippen LogP contribution in [-0.4, -0.2) is 32.9 Å². The van der Waals surface area contributed by atoms with Crippen LogP contribution >= 0.6 is 0 Å². The molecule has 0 fully saturated rings. The van der Waals surface area contributed by atoms with Crippen molar-refractivity contribution in [3.8, 4) is 5.69 Å². The van der Waals surface area contributed by atoms with Gasteiger partial charge in [-0.1, -0.05) is 127 Å². The molecule has 1 aliphatic heterocycles. The minimum Gasteiger partial charge on any atom is -0.456 e. The van der Waals surface area contributed by atoms with Gasteiger partial charge in [-0.05, 0) is 36.4 Å². The van der Waals surface area contributed by atoms with Gasteiger partial charge in [0.05, 0.1) is 22.1 Å². The predicted octanol–water partition coefficient (Wildman–Crippen LogP) is 11.1. The Labute approximate surface area is 298 Å².